The second kappa shape index (κ2) is 8.98. The number of aliphatic hydroxyl groups is 1. The Balaban J connectivity index is 1.37. The maximum atomic E-state index is 13.2. The molecule has 0 atom stereocenters. The van der Waals surface area contributed by atoms with E-state index in [1.54, 1.807) is 29.7 Å². The molecule has 1 saturated heterocycles. The van der Waals surface area contributed by atoms with Crippen molar-refractivity contribution in [2.45, 2.75) is 32.2 Å². The molecule has 11 heteroatoms. The number of nitrogens with zero attached hydrogens (tertiary/aromatic N) is 4. The van der Waals surface area contributed by atoms with Gasteiger partial charge >= 0.3 is 6.29 Å². The van der Waals surface area contributed by atoms with E-state index in [9.17, 15) is 23.5 Å². The number of carbonyl (C=O) groups excluding carboxylic acids is 2. The number of ether oxygens (including phenoxy) is 2. The fraction of sp³-hybridized carbons (Fsp3) is 0.391. The van der Waals surface area contributed by atoms with Crippen molar-refractivity contribution in [2.75, 3.05) is 26.2 Å². The third-order valence-electron chi connectivity index (χ3n) is 5.45. The number of hydrogen-bond acceptors (Lipinski definition) is 7. The Morgan fingerprint density at radius 3 is 2.53 bits per heavy atom. The van der Waals surface area contributed by atoms with E-state index in [4.69, 9.17) is 0 Å². The number of hydrogen-bond donors (Lipinski definition) is 1. The summed E-state index contributed by atoms with van der Waals surface area (Å²) in [7, 11) is 0. The van der Waals surface area contributed by atoms with E-state index in [2.05, 4.69) is 19.4 Å². The number of halogens is 2. The summed E-state index contributed by atoms with van der Waals surface area (Å²) in [6, 6.07) is 5.73. The first-order chi connectivity index (χ1) is 16.0. The Hall–Kier alpha value is -3.60. The predicted molar refractivity (Wildman–Crippen MR) is 116 cm³/mol. The van der Waals surface area contributed by atoms with Crippen LogP contribution in [0.25, 0.3) is 6.08 Å². The van der Waals surface area contributed by atoms with E-state index in [-0.39, 0.29) is 29.0 Å². The number of benzene rings is 1. The molecule has 0 spiro atoms. The highest BCUT2D eigenvalue weighted by Crippen LogP contribution is 2.41. The van der Waals surface area contributed by atoms with Crippen LogP contribution >= 0.6 is 0 Å². The summed E-state index contributed by atoms with van der Waals surface area (Å²) in [6.45, 7) is 4.70. The van der Waals surface area contributed by atoms with Crippen LogP contribution in [0.5, 0.6) is 11.5 Å². The zero-order valence-corrected chi connectivity index (χ0v) is 18.7. The molecule has 2 aliphatic rings. The average Bonchev–Trinajstić information content (AvgIpc) is 2.94. The lowest BCUT2D eigenvalue weighted by molar-refractivity contribution is -0.286. The van der Waals surface area contributed by atoms with Gasteiger partial charge in [0, 0.05) is 32.3 Å². The van der Waals surface area contributed by atoms with E-state index in [1.165, 1.54) is 36.7 Å². The van der Waals surface area contributed by atoms with Crippen LogP contribution in [0, 0.1) is 0 Å². The van der Waals surface area contributed by atoms with Gasteiger partial charge in [-0.1, -0.05) is 6.07 Å². The molecular weight excluding hydrogens is 450 g/mol. The van der Waals surface area contributed by atoms with Gasteiger partial charge in [0.25, 0.3) is 5.91 Å². The van der Waals surface area contributed by atoms with Crippen molar-refractivity contribution >= 4 is 17.9 Å². The zero-order chi connectivity index (χ0) is 24.5. The molecule has 2 aliphatic heterocycles. The number of amides is 2. The van der Waals surface area contributed by atoms with E-state index in [0.29, 0.717) is 43.9 Å². The second-order valence-corrected chi connectivity index (χ2v) is 8.53. The summed E-state index contributed by atoms with van der Waals surface area (Å²) in [5, 5.41) is 10.1. The monoisotopic (exact) mass is 474 g/mol. The summed E-state index contributed by atoms with van der Waals surface area (Å²) in [6.07, 6.45) is 0.990. The molecule has 1 aromatic heterocycles. The van der Waals surface area contributed by atoms with Crippen LogP contribution in [0.3, 0.4) is 0 Å². The van der Waals surface area contributed by atoms with Gasteiger partial charge in [-0.05, 0) is 50.1 Å². The number of fused-ring (bicyclic) bond motifs is 1. The van der Waals surface area contributed by atoms with Gasteiger partial charge in [-0.3, -0.25) is 9.59 Å². The maximum absolute atomic E-state index is 13.2. The first-order valence-corrected chi connectivity index (χ1v) is 10.7. The first kappa shape index (κ1) is 23.6. The highest BCUT2D eigenvalue weighted by Gasteiger charge is 2.43. The van der Waals surface area contributed by atoms with Gasteiger partial charge in [-0.25, -0.2) is 9.97 Å². The largest absolute Gasteiger partial charge is 0.586 e. The highest BCUT2D eigenvalue weighted by atomic mass is 19.3. The third-order valence-corrected chi connectivity index (χ3v) is 5.45. The average molecular weight is 474 g/mol. The highest BCUT2D eigenvalue weighted by molar-refractivity contribution is 5.93. The number of alkyl halides is 2. The van der Waals surface area contributed by atoms with Gasteiger partial charge in [0.15, 0.2) is 11.5 Å². The molecule has 2 aromatic rings. The first-order valence-electron chi connectivity index (χ1n) is 10.7. The Morgan fingerprint density at radius 2 is 1.76 bits per heavy atom. The number of carbonyl (C=O) groups is 2. The molecule has 2 amide bonds. The van der Waals surface area contributed by atoms with E-state index < -0.39 is 11.9 Å². The van der Waals surface area contributed by atoms with E-state index in [1.807, 2.05) is 0 Å². The lowest BCUT2D eigenvalue weighted by atomic mass is 10.0. The SMILES string of the molecule is CC(C)(O)c1cc(C(=O)N2CCCN(C(=O)/C=C/c3ccc4c(c3)OC(F)(F)O4)CC2)ncn1. The van der Waals surface area contributed by atoms with Crippen LogP contribution in [-0.4, -0.2) is 69.2 Å². The molecule has 0 saturated carbocycles. The standard InChI is InChI=1S/C23H24F2N4O5/c1-22(2,32)19-13-16(26-14-27-19)21(31)29-9-3-8-28(10-11-29)20(30)7-5-15-4-6-17-18(12-15)34-23(24,25)33-17/h4-7,12-14,32H,3,8-11H2,1-2H3/b7-5+. The number of aromatic nitrogens is 2. The summed E-state index contributed by atoms with van der Waals surface area (Å²) < 4.78 is 35.1. The van der Waals surface area contributed by atoms with Gasteiger partial charge in [-0.2, -0.15) is 0 Å². The molecule has 9 nitrogen and oxygen atoms in total. The lowest BCUT2D eigenvalue weighted by Gasteiger charge is -2.22. The van der Waals surface area contributed by atoms with Crippen LogP contribution in [0.1, 0.15) is 42.0 Å². The van der Waals surface area contributed by atoms with Crippen molar-refractivity contribution in [3.8, 4) is 11.5 Å². The number of rotatable bonds is 4. The minimum absolute atomic E-state index is 0.0656. The van der Waals surface area contributed by atoms with Crippen molar-refractivity contribution in [3.05, 3.63) is 53.6 Å². The predicted octanol–water partition coefficient (Wildman–Crippen LogP) is 2.41. The quantitative estimate of drug-likeness (QED) is 0.679. The van der Waals surface area contributed by atoms with Crippen LogP contribution in [0.4, 0.5) is 8.78 Å². The molecule has 0 radical (unpaired) electrons. The van der Waals surface area contributed by atoms with Crippen molar-refractivity contribution in [2.24, 2.45) is 0 Å². The van der Waals surface area contributed by atoms with Crippen molar-refractivity contribution < 1.29 is 33.0 Å². The maximum Gasteiger partial charge on any atom is 0.586 e. The fourth-order valence-electron chi connectivity index (χ4n) is 3.65. The lowest BCUT2D eigenvalue weighted by Crippen LogP contribution is -2.37. The van der Waals surface area contributed by atoms with Crippen LogP contribution in [-0.2, 0) is 10.4 Å². The molecule has 4 rings (SSSR count). The Morgan fingerprint density at radius 1 is 1.06 bits per heavy atom. The van der Waals surface area contributed by atoms with Gasteiger partial charge in [0.2, 0.25) is 5.91 Å². The van der Waals surface area contributed by atoms with Gasteiger partial charge in [-0.15, -0.1) is 8.78 Å². The minimum Gasteiger partial charge on any atom is -0.395 e. The smallest absolute Gasteiger partial charge is 0.395 e. The molecular formula is C23H24F2N4O5. The van der Waals surface area contributed by atoms with Crippen LogP contribution < -0.4 is 9.47 Å². The summed E-state index contributed by atoms with van der Waals surface area (Å²) in [5.74, 6) is -0.719. The molecule has 0 bridgehead atoms. The van der Waals surface area contributed by atoms with Gasteiger partial charge < -0.3 is 24.4 Å². The molecule has 3 heterocycles. The summed E-state index contributed by atoms with van der Waals surface area (Å²) in [4.78, 5) is 36.9. The molecule has 0 unspecified atom stereocenters. The van der Waals surface area contributed by atoms with E-state index >= 15 is 0 Å². The van der Waals surface area contributed by atoms with Crippen molar-refractivity contribution in [1.29, 1.82) is 0 Å². The molecule has 1 aromatic carbocycles. The molecule has 34 heavy (non-hydrogen) atoms. The van der Waals surface area contributed by atoms with Gasteiger partial charge in [0.1, 0.15) is 17.6 Å². The third kappa shape index (κ3) is 5.30. The fourth-order valence-corrected chi connectivity index (χ4v) is 3.65. The van der Waals surface area contributed by atoms with Crippen molar-refractivity contribution in [3.63, 3.8) is 0 Å². The second-order valence-electron chi connectivity index (χ2n) is 8.53. The topological polar surface area (TPSA) is 105 Å². The Labute approximate surface area is 194 Å². The summed E-state index contributed by atoms with van der Waals surface area (Å²) >= 11 is 0. The minimum atomic E-state index is -3.70. The molecule has 1 N–H and O–H groups in total. The van der Waals surface area contributed by atoms with Crippen LogP contribution in [0.2, 0.25) is 0 Å². The van der Waals surface area contributed by atoms with E-state index in [0.717, 1.165) is 0 Å². The Bertz CT molecular complexity index is 1130. The molecule has 0 aliphatic carbocycles. The normalized spacial score (nSPS) is 17.7. The van der Waals surface area contributed by atoms with Gasteiger partial charge in [0.05, 0.1) is 5.69 Å². The zero-order valence-electron chi connectivity index (χ0n) is 18.7. The van der Waals surface area contributed by atoms with Crippen molar-refractivity contribution in [1.82, 2.24) is 19.8 Å². The summed E-state index contributed by atoms with van der Waals surface area (Å²) in [5.41, 5.74) is -0.174. The Kier molecular flexibility index (Phi) is 6.22. The molecule has 1 fully saturated rings. The van der Waals surface area contributed by atoms with Crippen LogP contribution in [0.15, 0.2) is 36.7 Å². The molecule has 180 valence electrons.